The fraction of sp³-hybridized carbons (Fsp3) is 0.600. The first-order valence-electron chi connectivity index (χ1n) is 7.12. The van der Waals surface area contributed by atoms with E-state index in [1.54, 1.807) is 11.4 Å². The summed E-state index contributed by atoms with van der Waals surface area (Å²) in [7, 11) is 0.351. The molecular formula is C15H24N2O2S. The average Bonchev–Trinajstić information content (AvgIpc) is 3.21. The van der Waals surface area contributed by atoms with Gasteiger partial charge in [-0.15, -0.1) is 0 Å². The Bertz CT molecular complexity index is 553. The van der Waals surface area contributed by atoms with Gasteiger partial charge < -0.3 is 5.32 Å². The average molecular weight is 296 g/mol. The van der Waals surface area contributed by atoms with E-state index in [-0.39, 0.29) is 11.8 Å². The molecule has 1 aliphatic rings. The molecule has 20 heavy (non-hydrogen) atoms. The molecule has 1 saturated carbocycles. The van der Waals surface area contributed by atoms with Crippen molar-refractivity contribution >= 4 is 10.0 Å². The van der Waals surface area contributed by atoms with Crippen LogP contribution in [0.25, 0.3) is 0 Å². The molecule has 1 unspecified atom stereocenters. The van der Waals surface area contributed by atoms with Gasteiger partial charge in [-0.05, 0) is 43.9 Å². The summed E-state index contributed by atoms with van der Waals surface area (Å²) in [4.78, 5) is 0. The summed E-state index contributed by atoms with van der Waals surface area (Å²) in [6.45, 7) is 2.76. The van der Waals surface area contributed by atoms with E-state index in [9.17, 15) is 8.42 Å². The third-order valence-electron chi connectivity index (χ3n) is 4.04. The third-order valence-corrected chi connectivity index (χ3v) is 5.95. The van der Waals surface area contributed by atoms with Gasteiger partial charge in [0.25, 0.3) is 0 Å². The van der Waals surface area contributed by atoms with Crippen LogP contribution >= 0.6 is 0 Å². The normalized spacial score (nSPS) is 17.4. The van der Waals surface area contributed by atoms with Crippen LogP contribution in [0.2, 0.25) is 0 Å². The molecule has 0 heterocycles. The van der Waals surface area contributed by atoms with Crippen LogP contribution in [-0.2, 0) is 22.3 Å². The predicted octanol–water partition coefficient (Wildman–Crippen LogP) is 1.97. The monoisotopic (exact) mass is 296 g/mol. The lowest BCUT2D eigenvalue weighted by atomic mass is 10.1. The topological polar surface area (TPSA) is 49.4 Å². The first-order chi connectivity index (χ1) is 9.44. The van der Waals surface area contributed by atoms with Crippen LogP contribution in [0, 0.1) is 5.92 Å². The van der Waals surface area contributed by atoms with Crippen LogP contribution in [0.1, 0.15) is 30.9 Å². The van der Waals surface area contributed by atoms with Crippen LogP contribution in [0.3, 0.4) is 0 Å². The van der Waals surface area contributed by atoms with Crippen LogP contribution in [0.4, 0.5) is 0 Å². The standard InChI is InChI=1S/C15H24N2O2S/c1-12(15-7-8-15)17(3)20(18,19)11-14-6-4-5-13(9-14)10-16-2/h4-6,9,12,15-16H,7-8,10-11H2,1-3H3. The molecule has 1 aliphatic carbocycles. The maximum Gasteiger partial charge on any atom is 0.218 e. The van der Waals surface area contributed by atoms with Crippen LogP contribution < -0.4 is 5.32 Å². The number of rotatable bonds is 7. The summed E-state index contributed by atoms with van der Waals surface area (Å²) in [6, 6.07) is 7.88. The molecule has 0 spiro atoms. The fourth-order valence-corrected chi connectivity index (χ4v) is 3.96. The number of sulfonamides is 1. The van der Waals surface area contributed by atoms with Crippen molar-refractivity contribution in [3.05, 3.63) is 35.4 Å². The Morgan fingerprint density at radius 3 is 2.60 bits per heavy atom. The molecule has 0 bridgehead atoms. The molecule has 1 N–H and O–H groups in total. The molecule has 0 aliphatic heterocycles. The SMILES string of the molecule is CNCc1cccc(CS(=O)(=O)N(C)C(C)C2CC2)c1. The minimum Gasteiger partial charge on any atom is -0.316 e. The summed E-state index contributed by atoms with van der Waals surface area (Å²) in [5.41, 5.74) is 1.96. The van der Waals surface area contributed by atoms with Crippen molar-refractivity contribution in [2.24, 2.45) is 5.92 Å². The number of hydrogen-bond donors (Lipinski definition) is 1. The largest absolute Gasteiger partial charge is 0.316 e. The van der Waals surface area contributed by atoms with Gasteiger partial charge in [-0.2, -0.15) is 0 Å². The third kappa shape index (κ3) is 3.81. The number of benzene rings is 1. The van der Waals surface area contributed by atoms with Gasteiger partial charge in [0.1, 0.15) is 0 Å². The molecule has 0 aromatic heterocycles. The van der Waals surface area contributed by atoms with E-state index in [0.29, 0.717) is 5.92 Å². The van der Waals surface area contributed by atoms with Gasteiger partial charge in [0, 0.05) is 19.6 Å². The van der Waals surface area contributed by atoms with E-state index in [2.05, 4.69) is 5.32 Å². The smallest absolute Gasteiger partial charge is 0.218 e. The van der Waals surface area contributed by atoms with E-state index < -0.39 is 10.0 Å². The van der Waals surface area contributed by atoms with E-state index in [1.165, 1.54) is 0 Å². The van der Waals surface area contributed by atoms with Crippen molar-refractivity contribution in [1.29, 1.82) is 0 Å². The van der Waals surface area contributed by atoms with Crippen molar-refractivity contribution in [3.8, 4) is 0 Å². The molecule has 5 heteroatoms. The molecule has 112 valence electrons. The second-order valence-corrected chi connectivity index (χ2v) is 7.73. The highest BCUT2D eigenvalue weighted by atomic mass is 32.2. The zero-order valence-corrected chi connectivity index (χ0v) is 13.3. The van der Waals surface area contributed by atoms with Crippen LogP contribution in [0.5, 0.6) is 0 Å². The quantitative estimate of drug-likeness (QED) is 0.837. The van der Waals surface area contributed by atoms with E-state index in [0.717, 1.165) is 30.5 Å². The Hall–Kier alpha value is -0.910. The maximum absolute atomic E-state index is 12.5. The highest BCUT2D eigenvalue weighted by Crippen LogP contribution is 2.35. The molecule has 1 aromatic rings. The molecular weight excluding hydrogens is 272 g/mol. The van der Waals surface area contributed by atoms with Gasteiger partial charge in [0.05, 0.1) is 5.75 Å². The molecule has 0 saturated heterocycles. The first-order valence-corrected chi connectivity index (χ1v) is 8.73. The lowest BCUT2D eigenvalue weighted by molar-refractivity contribution is 0.356. The minimum absolute atomic E-state index is 0.0815. The predicted molar refractivity (Wildman–Crippen MR) is 81.8 cm³/mol. The Morgan fingerprint density at radius 1 is 1.35 bits per heavy atom. The van der Waals surface area contributed by atoms with Crippen molar-refractivity contribution in [3.63, 3.8) is 0 Å². The van der Waals surface area contributed by atoms with Gasteiger partial charge in [0.15, 0.2) is 0 Å². The summed E-state index contributed by atoms with van der Waals surface area (Å²) in [6.07, 6.45) is 2.30. The molecule has 0 radical (unpaired) electrons. The summed E-state index contributed by atoms with van der Waals surface area (Å²) >= 11 is 0. The molecule has 2 rings (SSSR count). The van der Waals surface area contributed by atoms with Crippen molar-refractivity contribution in [1.82, 2.24) is 9.62 Å². The number of nitrogens with zero attached hydrogens (tertiary/aromatic N) is 1. The van der Waals surface area contributed by atoms with Crippen LogP contribution in [0.15, 0.2) is 24.3 Å². The summed E-state index contributed by atoms with van der Waals surface area (Å²) in [5.74, 6) is 0.628. The minimum atomic E-state index is -3.24. The molecule has 1 fully saturated rings. The summed E-state index contributed by atoms with van der Waals surface area (Å²) < 4.78 is 26.5. The van der Waals surface area contributed by atoms with Gasteiger partial charge in [0.2, 0.25) is 10.0 Å². The lowest BCUT2D eigenvalue weighted by Crippen LogP contribution is -2.37. The number of hydrogen-bond acceptors (Lipinski definition) is 3. The fourth-order valence-electron chi connectivity index (χ4n) is 2.47. The highest BCUT2D eigenvalue weighted by Gasteiger charge is 2.35. The van der Waals surface area contributed by atoms with Gasteiger partial charge in [-0.1, -0.05) is 24.3 Å². The van der Waals surface area contributed by atoms with E-state index >= 15 is 0 Å². The van der Waals surface area contributed by atoms with Crippen LogP contribution in [-0.4, -0.2) is 32.9 Å². The second kappa shape index (κ2) is 6.24. The van der Waals surface area contributed by atoms with E-state index in [4.69, 9.17) is 0 Å². The zero-order valence-electron chi connectivity index (χ0n) is 12.5. The number of nitrogens with one attached hydrogen (secondary N) is 1. The molecule has 0 amide bonds. The Labute approximate surface area is 122 Å². The lowest BCUT2D eigenvalue weighted by Gasteiger charge is -2.24. The van der Waals surface area contributed by atoms with Gasteiger partial charge in [-0.3, -0.25) is 0 Å². The van der Waals surface area contributed by atoms with Gasteiger partial charge in [-0.25, -0.2) is 12.7 Å². The maximum atomic E-state index is 12.5. The zero-order chi connectivity index (χ0) is 14.8. The Morgan fingerprint density at radius 2 is 2.00 bits per heavy atom. The Balaban J connectivity index is 2.08. The highest BCUT2D eigenvalue weighted by molar-refractivity contribution is 7.88. The van der Waals surface area contributed by atoms with Gasteiger partial charge >= 0.3 is 0 Å². The second-order valence-electron chi connectivity index (χ2n) is 5.70. The summed E-state index contributed by atoms with van der Waals surface area (Å²) in [5, 5.41) is 3.08. The van der Waals surface area contributed by atoms with Crippen molar-refractivity contribution in [2.75, 3.05) is 14.1 Å². The molecule has 1 atom stereocenters. The van der Waals surface area contributed by atoms with Crippen molar-refractivity contribution in [2.45, 2.75) is 38.1 Å². The first kappa shape index (κ1) is 15.5. The Kier molecular flexibility index (Phi) is 4.83. The molecule has 1 aromatic carbocycles. The van der Waals surface area contributed by atoms with E-state index in [1.807, 2.05) is 38.2 Å². The van der Waals surface area contributed by atoms with Crippen molar-refractivity contribution < 1.29 is 8.42 Å². The molecule has 4 nitrogen and oxygen atoms in total.